The van der Waals surface area contributed by atoms with Crippen LogP contribution in [0.15, 0.2) is 12.1 Å². The lowest BCUT2D eigenvalue weighted by molar-refractivity contribution is -0.208. The molecule has 1 atom stereocenters. The van der Waals surface area contributed by atoms with Crippen LogP contribution in [-0.2, 0) is 0 Å². The van der Waals surface area contributed by atoms with E-state index < -0.39 is 34.5 Å². The van der Waals surface area contributed by atoms with Gasteiger partial charge in [0, 0.05) is 0 Å². The molecule has 0 fully saturated rings. The van der Waals surface area contributed by atoms with Crippen molar-refractivity contribution in [2.24, 2.45) is 0 Å². The van der Waals surface area contributed by atoms with Crippen molar-refractivity contribution in [1.29, 1.82) is 0 Å². The zero-order valence-corrected chi connectivity index (χ0v) is 7.70. The van der Waals surface area contributed by atoms with E-state index in [2.05, 4.69) is 0 Å². The Morgan fingerprint density at radius 3 is 2.20 bits per heavy atom. The van der Waals surface area contributed by atoms with Crippen LogP contribution in [0, 0.1) is 11.6 Å². The molecule has 0 radical (unpaired) electrons. The van der Waals surface area contributed by atoms with Gasteiger partial charge in [0.1, 0.15) is 5.82 Å². The lowest BCUT2D eigenvalue weighted by atomic mass is 10.1. The molecule has 1 aromatic carbocycles. The Bertz CT molecular complexity index is 376. The summed E-state index contributed by atoms with van der Waals surface area (Å²) in [5.74, 6) is -3.11. The lowest BCUT2D eigenvalue weighted by Crippen LogP contribution is -2.22. The van der Waals surface area contributed by atoms with Crippen molar-refractivity contribution in [3.63, 3.8) is 0 Å². The van der Waals surface area contributed by atoms with E-state index in [4.69, 9.17) is 16.7 Å². The molecule has 0 aliphatic carbocycles. The van der Waals surface area contributed by atoms with Gasteiger partial charge in [0.05, 0.1) is 10.6 Å². The second-order valence-electron chi connectivity index (χ2n) is 2.70. The van der Waals surface area contributed by atoms with E-state index in [1.54, 1.807) is 0 Å². The van der Waals surface area contributed by atoms with Crippen molar-refractivity contribution < 1.29 is 27.1 Å². The number of aliphatic hydroxyl groups is 1. The van der Waals surface area contributed by atoms with Crippen LogP contribution in [-0.4, -0.2) is 11.3 Å². The van der Waals surface area contributed by atoms with E-state index in [9.17, 15) is 22.0 Å². The lowest BCUT2D eigenvalue weighted by Gasteiger charge is -2.16. The summed E-state index contributed by atoms with van der Waals surface area (Å²) in [5, 5.41) is 7.99. The van der Waals surface area contributed by atoms with Crippen molar-refractivity contribution in [3.8, 4) is 0 Å². The van der Waals surface area contributed by atoms with E-state index in [0.717, 1.165) is 6.07 Å². The van der Waals surface area contributed by atoms with Gasteiger partial charge < -0.3 is 5.11 Å². The highest BCUT2D eigenvalue weighted by Gasteiger charge is 2.42. The fraction of sp³-hybridized carbons (Fsp3) is 0.250. The normalized spacial score (nSPS) is 14.1. The summed E-state index contributed by atoms with van der Waals surface area (Å²) in [5.41, 5.74) is -1.49. The fourth-order valence-electron chi connectivity index (χ4n) is 0.957. The summed E-state index contributed by atoms with van der Waals surface area (Å²) in [6.07, 6.45) is -8.37. The molecule has 1 aromatic rings. The summed E-state index contributed by atoms with van der Waals surface area (Å²) >= 11 is 5.16. The SMILES string of the molecule is O[C@@H](c1c(F)ccc(Cl)c1F)C(F)(F)F. The molecule has 1 nitrogen and oxygen atoms in total. The molecule has 0 spiro atoms. The number of hydrogen-bond donors (Lipinski definition) is 1. The van der Waals surface area contributed by atoms with Gasteiger partial charge in [0.2, 0.25) is 0 Å². The summed E-state index contributed by atoms with van der Waals surface area (Å²) in [7, 11) is 0. The van der Waals surface area contributed by atoms with Crippen LogP contribution in [0.4, 0.5) is 22.0 Å². The topological polar surface area (TPSA) is 20.2 Å². The zero-order valence-electron chi connectivity index (χ0n) is 6.95. The fourth-order valence-corrected chi connectivity index (χ4v) is 1.12. The average Bonchev–Trinajstić information content (AvgIpc) is 2.10. The minimum absolute atomic E-state index is 0.551. The Labute approximate surface area is 86.1 Å². The van der Waals surface area contributed by atoms with Gasteiger partial charge in [0.15, 0.2) is 11.9 Å². The first-order valence-corrected chi connectivity index (χ1v) is 4.01. The van der Waals surface area contributed by atoms with E-state index in [1.165, 1.54) is 0 Å². The smallest absolute Gasteiger partial charge is 0.379 e. The predicted molar refractivity (Wildman–Crippen MR) is 42.4 cm³/mol. The van der Waals surface area contributed by atoms with Gasteiger partial charge in [0.25, 0.3) is 0 Å². The number of aliphatic hydroxyl groups excluding tert-OH is 1. The molecule has 15 heavy (non-hydrogen) atoms. The number of halogens is 6. The Morgan fingerprint density at radius 1 is 1.20 bits per heavy atom. The van der Waals surface area contributed by atoms with E-state index in [-0.39, 0.29) is 0 Å². The molecule has 0 unspecified atom stereocenters. The highest BCUT2D eigenvalue weighted by atomic mass is 35.5. The second kappa shape index (κ2) is 3.94. The molecule has 0 aromatic heterocycles. The molecule has 0 amide bonds. The minimum Gasteiger partial charge on any atom is -0.379 e. The maximum absolute atomic E-state index is 13.0. The maximum atomic E-state index is 13.0. The first kappa shape index (κ1) is 12.2. The van der Waals surface area contributed by atoms with Crippen LogP contribution in [0.3, 0.4) is 0 Å². The van der Waals surface area contributed by atoms with Crippen molar-refractivity contribution in [2.45, 2.75) is 12.3 Å². The molecule has 1 rings (SSSR count). The largest absolute Gasteiger partial charge is 0.418 e. The third-order valence-corrected chi connectivity index (χ3v) is 1.95. The number of hydrogen-bond acceptors (Lipinski definition) is 1. The molecule has 0 aliphatic rings. The van der Waals surface area contributed by atoms with Crippen LogP contribution in [0.25, 0.3) is 0 Å². The third kappa shape index (κ3) is 2.38. The summed E-state index contributed by atoms with van der Waals surface area (Å²) < 4.78 is 61.9. The zero-order chi connectivity index (χ0) is 11.8. The Balaban J connectivity index is 3.31. The first-order valence-electron chi connectivity index (χ1n) is 3.63. The Hall–Kier alpha value is -0.880. The van der Waals surface area contributed by atoms with E-state index in [0.29, 0.717) is 6.07 Å². The monoisotopic (exact) mass is 246 g/mol. The number of benzene rings is 1. The van der Waals surface area contributed by atoms with Gasteiger partial charge in [-0.25, -0.2) is 8.78 Å². The van der Waals surface area contributed by atoms with Gasteiger partial charge in [-0.3, -0.25) is 0 Å². The second-order valence-corrected chi connectivity index (χ2v) is 3.11. The molecule has 1 N–H and O–H groups in total. The number of rotatable bonds is 1. The molecule has 0 saturated heterocycles. The average molecular weight is 247 g/mol. The highest BCUT2D eigenvalue weighted by molar-refractivity contribution is 6.30. The maximum Gasteiger partial charge on any atom is 0.418 e. The van der Waals surface area contributed by atoms with Crippen molar-refractivity contribution in [3.05, 3.63) is 34.4 Å². The van der Waals surface area contributed by atoms with Crippen molar-refractivity contribution >= 4 is 11.6 Å². The van der Waals surface area contributed by atoms with Gasteiger partial charge in [-0.05, 0) is 12.1 Å². The van der Waals surface area contributed by atoms with Crippen LogP contribution in [0.2, 0.25) is 5.02 Å². The van der Waals surface area contributed by atoms with Crippen LogP contribution >= 0.6 is 11.6 Å². The summed E-state index contributed by atoms with van der Waals surface area (Å²) in [6.45, 7) is 0. The van der Waals surface area contributed by atoms with Gasteiger partial charge >= 0.3 is 6.18 Å². The summed E-state index contributed by atoms with van der Waals surface area (Å²) in [6, 6.07) is 1.31. The predicted octanol–water partition coefficient (Wildman–Crippen LogP) is 3.21. The Morgan fingerprint density at radius 2 is 1.73 bits per heavy atom. The van der Waals surface area contributed by atoms with E-state index in [1.807, 2.05) is 0 Å². The van der Waals surface area contributed by atoms with Gasteiger partial charge in [-0.1, -0.05) is 11.6 Å². The quantitative estimate of drug-likeness (QED) is 0.596. The van der Waals surface area contributed by atoms with E-state index >= 15 is 0 Å². The number of alkyl halides is 3. The standard InChI is InChI=1S/C8H4ClF5O/c9-3-1-2-4(10)5(6(3)11)7(15)8(12,13)14/h1-2,7,15H/t7-/m0/s1. The van der Waals surface area contributed by atoms with Crippen LogP contribution in [0.1, 0.15) is 11.7 Å². The van der Waals surface area contributed by atoms with Gasteiger partial charge in [-0.15, -0.1) is 0 Å². The molecular formula is C8H4ClF5O. The summed E-state index contributed by atoms with van der Waals surface area (Å²) in [4.78, 5) is 0. The van der Waals surface area contributed by atoms with Crippen molar-refractivity contribution in [2.75, 3.05) is 0 Å². The minimum atomic E-state index is -5.15. The van der Waals surface area contributed by atoms with Crippen LogP contribution in [0.5, 0.6) is 0 Å². The highest BCUT2D eigenvalue weighted by Crippen LogP contribution is 2.36. The molecule has 7 heteroatoms. The molecule has 0 heterocycles. The molecule has 0 bridgehead atoms. The Kier molecular flexibility index (Phi) is 3.20. The third-order valence-electron chi connectivity index (χ3n) is 1.66. The molecular weight excluding hydrogens is 243 g/mol. The van der Waals surface area contributed by atoms with Gasteiger partial charge in [-0.2, -0.15) is 13.2 Å². The molecule has 84 valence electrons. The molecule has 0 saturated carbocycles. The van der Waals surface area contributed by atoms with Crippen LogP contribution < -0.4 is 0 Å². The van der Waals surface area contributed by atoms with Crippen molar-refractivity contribution in [1.82, 2.24) is 0 Å². The molecule has 0 aliphatic heterocycles. The first-order chi connectivity index (χ1) is 6.75.